The molecule has 0 fully saturated rings. The third kappa shape index (κ3) is 2.38. The Balaban J connectivity index is 2.05. The fourth-order valence-corrected chi connectivity index (χ4v) is 2.71. The zero-order valence-corrected chi connectivity index (χ0v) is 12.9. The van der Waals surface area contributed by atoms with E-state index in [0.29, 0.717) is 11.5 Å². The molecule has 5 nitrogen and oxygen atoms in total. The second kappa shape index (κ2) is 5.42. The van der Waals surface area contributed by atoms with Crippen LogP contribution in [0.3, 0.4) is 0 Å². The maximum Gasteiger partial charge on any atom is 0.163 e. The number of nitrogens with zero attached hydrogens (tertiary/aromatic N) is 4. The number of pyridine rings is 1. The molecule has 118 valence electrons. The molecule has 0 aliphatic carbocycles. The van der Waals surface area contributed by atoms with Crippen molar-refractivity contribution in [3.05, 3.63) is 66.4 Å². The van der Waals surface area contributed by atoms with Crippen LogP contribution in [0.2, 0.25) is 0 Å². The Bertz CT molecular complexity index is 1040. The fourth-order valence-electron chi connectivity index (χ4n) is 2.71. The Labute approximate surface area is 137 Å². The number of aromatic nitrogens is 4. The first-order valence-corrected chi connectivity index (χ1v) is 7.44. The molecule has 0 saturated carbocycles. The zero-order valence-electron chi connectivity index (χ0n) is 12.9. The van der Waals surface area contributed by atoms with E-state index < -0.39 is 0 Å². The van der Waals surface area contributed by atoms with Crippen LogP contribution in [0.1, 0.15) is 5.56 Å². The summed E-state index contributed by atoms with van der Waals surface area (Å²) in [5.41, 5.74) is 10.8. The number of halogens is 1. The van der Waals surface area contributed by atoms with E-state index in [1.54, 1.807) is 35.1 Å². The molecule has 4 rings (SSSR count). The summed E-state index contributed by atoms with van der Waals surface area (Å²) in [6, 6.07) is 9.90. The molecule has 3 aromatic heterocycles. The first kappa shape index (κ1) is 14.3. The van der Waals surface area contributed by atoms with Crippen molar-refractivity contribution in [2.24, 2.45) is 0 Å². The average Bonchev–Trinajstić information content (AvgIpc) is 2.94. The van der Waals surface area contributed by atoms with Crippen LogP contribution in [0.5, 0.6) is 0 Å². The van der Waals surface area contributed by atoms with Crippen molar-refractivity contribution in [3.8, 4) is 22.4 Å². The third-order valence-corrected chi connectivity index (χ3v) is 3.79. The summed E-state index contributed by atoms with van der Waals surface area (Å²) in [5, 5.41) is 4.65. The van der Waals surface area contributed by atoms with Crippen LogP contribution in [0.4, 0.5) is 10.2 Å². The minimum absolute atomic E-state index is 0.286. The lowest BCUT2D eigenvalue weighted by Crippen LogP contribution is -1.92. The summed E-state index contributed by atoms with van der Waals surface area (Å²) in [6.07, 6.45) is 5.35. The van der Waals surface area contributed by atoms with E-state index in [2.05, 4.69) is 15.1 Å². The Kier molecular flexibility index (Phi) is 3.23. The highest BCUT2D eigenvalue weighted by molar-refractivity contribution is 5.90. The van der Waals surface area contributed by atoms with Crippen molar-refractivity contribution in [1.29, 1.82) is 0 Å². The molecular weight excluding hydrogens is 305 g/mol. The van der Waals surface area contributed by atoms with Gasteiger partial charge in [0.25, 0.3) is 0 Å². The number of fused-ring (bicyclic) bond motifs is 1. The van der Waals surface area contributed by atoms with Crippen molar-refractivity contribution in [3.63, 3.8) is 0 Å². The molecule has 0 amide bonds. The third-order valence-electron chi connectivity index (χ3n) is 3.79. The summed E-state index contributed by atoms with van der Waals surface area (Å²) >= 11 is 0. The Hall–Kier alpha value is -3.28. The van der Waals surface area contributed by atoms with Gasteiger partial charge in [0.15, 0.2) is 5.65 Å². The van der Waals surface area contributed by atoms with Gasteiger partial charge in [0, 0.05) is 24.2 Å². The maximum absolute atomic E-state index is 13.3. The van der Waals surface area contributed by atoms with E-state index >= 15 is 0 Å². The van der Waals surface area contributed by atoms with Gasteiger partial charge >= 0.3 is 0 Å². The minimum Gasteiger partial charge on any atom is -0.384 e. The van der Waals surface area contributed by atoms with E-state index in [9.17, 15) is 4.39 Å². The summed E-state index contributed by atoms with van der Waals surface area (Å²) in [7, 11) is 0. The standard InChI is InChI=1S/C18H14FN5/c1-11-9-22-18-16(13-6-7-21-15(20)8-13)17(23-24(18)10-11)12-2-4-14(19)5-3-12/h2-10H,1H3,(H2,20,21). The number of rotatable bonds is 2. The second-order valence-electron chi connectivity index (χ2n) is 5.60. The smallest absolute Gasteiger partial charge is 0.163 e. The summed E-state index contributed by atoms with van der Waals surface area (Å²) in [6.45, 7) is 1.95. The SMILES string of the molecule is Cc1cnc2c(-c3ccnc(N)c3)c(-c3ccc(F)cc3)nn2c1. The van der Waals surface area contributed by atoms with Gasteiger partial charge in [-0.3, -0.25) is 0 Å². The summed E-state index contributed by atoms with van der Waals surface area (Å²) < 4.78 is 15.0. The van der Waals surface area contributed by atoms with Crippen LogP contribution in [-0.2, 0) is 0 Å². The molecule has 0 radical (unpaired) electrons. The van der Waals surface area contributed by atoms with E-state index in [-0.39, 0.29) is 5.82 Å². The Morgan fingerprint density at radius 3 is 2.58 bits per heavy atom. The highest BCUT2D eigenvalue weighted by Gasteiger charge is 2.18. The molecule has 0 bridgehead atoms. The average molecular weight is 319 g/mol. The number of nitrogen functional groups attached to an aromatic ring is 1. The van der Waals surface area contributed by atoms with Gasteiger partial charge < -0.3 is 5.73 Å². The van der Waals surface area contributed by atoms with E-state index in [4.69, 9.17) is 5.73 Å². The van der Waals surface area contributed by atoms with Crippen LogP contribution in [0, 0.1) is 12.7 Å². The highest BCUT2D eigenvalue weighted by atomic mass is 19.1. The van der Waals surface area contributed by atoms with E-state index in [1.807, 2.05) is 19.2 Å². The first-order valence-electron chi connectivity index (χ1n) is 7.44. The zero-order chi connectivity index (χ0) is 16.7. The lowest BCUT2D eigenvalue weighted by atomic mass is 10.0. The van der Waals surface area contributed by atoms with Crippen LogP contribution < -0.4 is 5.73 Å². The Morgan fingerprint density at radius 1 is 1.04 bits per heavy atom. The van der Waals surface area contributed by atoms with Crippen LogP contribution in [-0.4, -0.2) is 19.6 Å². The first-order chi connectivity index (χ1) is 11.6. The number of nitrogens with two attached hydrogens (primary N) is 1. The number of hydrogen-bond acceptors (Lipinski definition) is 4. The summed E-state index contributed by atoms with van der Waals surface area (Å²) in [5.74, 6) is 0.134. The molecule has 0 spiro atoms. The normalized spacial score (nSPS) is 11.1. The molecule has 0 atom stereocenters. The second-order valence-corrected chi connectivity index (χ2v) is 5.60. The monoisotopic (exact) mass is 319 g/mol. The fraction of sp³-hybridized carbons (Fsp3) is 0.0556. The van der Waals surface area contributed by atoms with Crippen LogP contribution in [0.15, 0.2) is 55.0 Å². The molecule has 0 saturated heterocycles. The maximum atomic E-state index is 13.3. The molecule has 4 aromatic rings. The van der Waals surface area contributed by atoms with Gasteiger partial charge in [-0.05, 0) is 54.4 Å². The van der Waals surface area contributed by atoms with Crippen molar-refractivity contribution in [2.45, 2.75) is 6.92 Å². The van der Waals surface area contributed by atoms with Crippen molar-refractivity contribution in [1.82, 2.24) is 19.6 Å². The predicted octanol–water partition coefficient (Wildman–Crippen LogP) is 3.49. The van der Waals surface area contributed by atoms with Gasteiger partial charge in [-0.1, -0.05) is 0 Å². The number of hydrogen-bond donors (Lipinski definition) is 1. The molecule has 0 aliphatic heterocycles. The Morgan fingerprint density at radius 2 is 1.83 bits per heavy atom. The topological polar surface area (TPSA) is 69.1 Å². The lowest BCUT2D eigenvalue weighted by molar-refractivity contribution is 0.628. The number of anilines is 1. The van der Waals surface area contributed by atoms with Gasteiger partial charge in [-0.25, -0.2) is 18.9 Å². The summed E-state index contributed by atoms with van der Waals surface area (Å²) in [4.78, 5) is 8.55. The molecule has 24 heavy (non-hydrogen) atoms. The molecule has 0 unspecified atom stereocenters. The van der Waals surface area contributed by atoms with Crippen LogP contribution in [0.25, 0.3) is 28.0 Å². The molecule has 1 aromatic carbocycles. The van der Waals surface area contributed by atoms with Gasteiger partial charge in [0.05, 0.1) is 5.56 Å². The van der Waals surface area contributed by atoms with Gasteiger partial charge in [-0.2, -0.15) is 5.10 Å². The molecule has 0 aliphatic rings. The van der Waals surface area contributed by atoms with Crippen molar-refractivity contribution < 1.29 is 4.39 Å². The lowest BCUT2D eigenvalue weighted by Gasteiger charge is -2.04. The van der Waals surface area contributed by atoms with Crippen LogP contribution >= 0.6 is 0 Å². The number of aryl methyl sites for hydroxylation is 1. The van der Waals surface area contributed by atoms with E-state index in [0.717, 1.165) is 27.9 Å². The minimum atomic E-state index is -0.286. The predicted molar refractivity (Wildman–Crippen MR) is 90.8 cm³/mol. The highest BCUT2D eigenvalue weighted by Crippen LogP contribution is 2.34. The molecule has 6 heteroatoms. The quantitative estimate of drug-likeness (QED) is 0.614. The largest absolute Gasteiger partial charge is 0.384 e. The van der Waals surface area contributed by atoms with E-state index in [1.165, 1.54) is 12.1 Å². The molecule has 3 heterocycles. The number of benzene rings is 1. The van der Waals surface area contributed by atoms with Crippen molar-refractivity contribution >= 4 is 11.5 Å². The van der Waals surface area contributed by atoms with Gasteiger partial charge in [0.2, 0.25) is 0 Å². The van der Waals surface area contributed by atoms with Gasteiger partial charge in [-0.15, -0.1) is 0 Å². The molecule has 2 N–H and O–H groups in total. The molecular formula is C18H14FN5. The van der Waals surface area contributed by atoms with Crippen molar-refractivity contribution in [2.75, 3.05) is 5.73 Å². The van der Waals surface area contributed by atoms with Gasteiger partial charge in [0.1, 0.15) is 17.3 Å².